The molecule has 0 bridgehead atoms. The van der Waals surface area contributed by atoms with Crippen molar-refractivity contribution in [3.8, 4) is 17.0 Å². The minimum atomic E-state index is -0.0976. The van der Waals surface area contributed by atoms with Gasteiger partial charge in [0.05, 0.1) is 12.8 Å². The highest BCUT2D eigenvalue weighted by atomic mass is 16.5. The molecule has 0 aliphatic carbocycles. The maximum Gasteiger partial charge on any atom is 0.264 e. The van der Waals surface area contributed by atoms with E-state index in [4.69, 9.17) is 4.74 Å². The molecule has 2 aromatic rings. The SMILES string of the molecule is COc1ccccc1-c1cc(=O)[nH]n1C(C)C. The Balaban J connectivity index is 2.63. The average Bonchev–Trinajstić information content (AvgIpc) is 2.71. The summed E-state index contributed by atoms with van der Waals surface area (Å²) in [5, 5.41) is 2.80. The van der Waals surface area contributed by atoms with Gasteiger partial charge in [-0.15, -0.1) is 0 Å². The zero-order valence-electron chi connectivity index (χ0n) is 10.2. The van der Waals surface area contributed by atoms with E-state index in [1.807, 2.05) is 42.8 Å². The summed E-state index contributed by atoms with van der Waals surface area (Å²) in [5.74, 6) is 0.765. The Labute approximate surface area is 99.8 Å². The summed E-state index contributed by atoms with van der Waals surface area (Å²) < 4.78 is 7.16. The molecule has 0 saturated carbocycles. The largest absolute Gasteiger partial charge is 0.496 e. The first kappa shape index (κ1) is 11.5. The maximum absolute atomic E-state index is 11.5. The predicted molar refractivity (Wildman–Crippen MR) is 67.4 cm³/mol. The van der Waals surface area contributed by atoms with Gasteiger partial charge in [-0.1, -0.05) is 12.1 Å². The lowest BCUT2D eigenvalue weighted by Gasteiger charge is -2.14. The number of nitrogens with one attached hydrogen (secondary N) is 1. The van der Waals surface area contributed by atoms with Crippen molar-refractivity contribution in [2.24, 2.45) is 0 Å². The number of ether oxygens (including phenoxy) is 1. The third kappa shape index (κ3) is 2.11. The smallest absolute Gasteiger partial charge is 0.264 e. The minimum absolute atomic E-state index is 0.0976. The second kappa shape index (κ2) is 4.49. The topological polar surface area (TPSA) is 47.0 Å². The van der Waals surface area contributed by atoms with Gasteiger partial charge in [0.1, 0.15) is 5.75 Å². The van der Waals surface area contributed by atoms with Gasteiger partial charge < -0.3 is 4.74 Å². The number of nitrogens with zero attached hydrogens (tertiary/aromatic N) is 1. The van der Waals surface area contributed by atoms with Crippen LogP contribution in [0.1, 0.15) is 19.9 Å². The second-order valence-corrected chi connectivity index (χ2v) is 4.17. The number of para-hydroxylation sites is 1. The quantitative estimate of drug-likeness (QED) is 0.883. The maximum atomic E-state index is 11.5. The van der Waals surface area contributed by atoms with E-state index in [9.17, 15) is 4.79 Å². The molecule has 0 fully saturated rings. The second-order valence-electron chi connectivity index (χ2n) is 4.17. The molecule has 2 rings (SSSR count). The standard InChI is InChI=1S/C13H16N2O2/c1-9(2)15-11(8-13(16)14-15)10-6-4-5-7-12(10)17-3/h4-9H,1-3H3,(H,14,16). The molecule has 0 spiro atoms. The van der Waals surface area contributed by atoms with E-state index in [0.717, 1.165) is 17.0 Å². The molecule has 90 valence electrons. The Hall–Kier alpha value is -1.97. The molecule has 4 heteroatoms. The first-order chi connectivity index (χ1) is 8.13. The van der Waals surface area contributed by atoms with Crippen LogP contribution >= 0.6 is 0 Å². The van der Waals surface area contributed by atoms with E-state index in [1.165, 1.54) is 0 Å². The number of aromatic nitrogens is 2. The van der Waals surface area contributed by atoms with Crippen molar-refractivity contribution in [3.05, 3.63) is 40.7 Å². The Bertz CT molecular complexity index is 567. The van der Waals surface area contributed by atoms with Gasteiger partial charge in [0, 0.05) is 17.7 Å². The van der Waals surface area contributed by atoms with Crippen molar-refractivity contribution in [1.82, 2.24) is 9.78 Å². The van der Waals surface area contributed by atoms with E-state index >= 15 is 0 Å². The van der Waals surface area contributed by atoms with Crippen molar-refractivity contribution >= 4 is 0 Å². The lowest BCUT2D eigenvalue weighted by atomic mass is 10.1. The van der Waals surface area contributed by atoms with Crippen LogP contribution in [-0.4, -0.2) is 16.9 Å². The average molecular weight is 232 g/mol. The highest BCUT2D eigenvalue weighted by molar-refractivity contribution is 5.67. The van der Waals surface area contributed by atoms with Crippen LogP contribution in [0.5, 0.6) is 5.75 Å². The fourth-order valence-corrected chi connectivity index (χ4v) is 1.88. The third-order valence-electron chi connectivity index (χ3n) is 2.66. The molecule has 0 aliphatic heterocycles. The molecule has 4 nitrogen and oxygen atoms in total. The number of benzene rings is 1. The number of rotatable bonds is 3. The zero-order chi connectivity index (χ0) is 12.4. The Morgan fingerprint density at radius 3 is 2.65 bits per heavy atom. The molecule has 17 heavy (non-hydrogen) atoms. The molecule has 0 radical (unpaired) electrons. The molecule has 0 saturated heterocycles. The van der Waals surface area contributed by atoms with Gasteiger partial charge in [-0.2, -0.15) is 0 Å². The third-order valence-corrected chi connectivity index (χ3v) is 2.66. The summed E-state index contributed by atoms with van der Waals surface area (Å²) in [5.41, 5.74) is 1.67. The Morgan fingerprint density at radius 1 is 1.29 bits per heavy atom. The van der Waals surface area contributed by atoms with Crippen LogP contribution in [0.25, 0.3) is 11.3 Å². The Morgan fingerprint density at radius 2 is 2.00 bits per heavy atom. The zero-order valence-corrected chi connectivity index (χ0v) is 10.2. The van der Waals surface area contributed by atoms with Crippen molar-refractivity contribution in [2.75, 3.05) is 7.11 Å². The van der Waals surface area contributed by atoms with Crippen molar-refractivity contribution in [2.45, 2.75) is 19.9 Å². The van der Waals surface area contributed by atoms with Gasteiger partial charge in [-0.25, -0.2) is 0 Å². The van der Waals surface area contributed by atoms with Gasteiger partial charge >= 0.3 is 0 Å². The first-order valence-corrected chi connectivity index (χ1v) is 5.58. The summed E-state index contributed by atoms with van der Waals surface area (Å²) in [6.07, 6.45) is 0. The van der Waals surface area contributed by atoms with Gasteiger partial charge in [-0.05, 0) is 26.0 Å². The molecule has 1 N–H and O–H groups in total. The fraction of sp³-hybridized carbons (Fsp3) is 0.308. The number of hydrogen-bond donors (Lipinski definition) is 1. The molecule has 1 aromatic carbocycles. The molecule has 0 atom stereocenters. The lowest BCUT2D eigenvalue weighted by molar-refractivity contribution is 0.415. The normalized spacial score (nSPS) is 10.8. The van der Waals surface area contributed by atoms with Crippen LogP contribution < -0.4 is 10.3 Å². The molecule has 0 amide bonds. The van der Waals surface area contributed by atoms with Crippen LogP contribution in [0.15, 0.2) is 35.1 Å². The molecular formula is C13H16N2O2. The highest BCUT2D eigenvalue weighted by Crippen LogP contribution is 2.29. The van der Waals surface area contributed by atoms with Crippen LogP contribution in [0.3, 0.4) is 0 Å². The van der Waals surface area contributed by atoms with Crippen LogP contribution in [0.4, 0.5) is 0 Å². The van der Waals surface area contributed by atoms with Gasteiger partial charge in [0.25, 0.3) is 5.56 Å². The monoisotopic (exact) mass is 232 g/mol. The summed E-state index contributed by atoms with van der Waals surface area (Å²) in [6, 6.07) is 9.46. The summed E-state index contributed by atoms with van der Waals surface area (Å²) in [4.78, 5) is 11.5. The molecule has 0 aliphatic rings. The summed E-state index contributed by atoms with van der Waals surface area (Å²) >= 11 is 0. The first-order valence-electron chi connectivity index (χ1n) is 5.58. The van der Waals surface area contributed by atoms with Crippen molar-refractivity contribution in [1.29, 1.82) is 0 Å². The molecule has 1 heterocycles. The number of H-pyrrole nitrogens is 1. The van der Waals surface area contributed by atoms with Gasteiger partial charge in [-0.3, -0.25) is 14.6 Å². The van der Waals surface area contributed by atoms with E-state index < -0.39 is 0 Å². The van der Waals surface area contributed by atoms with E-state index in [1.54, 1.807) is 13.2 Å². The van der Waals surface area contributed by atoms with E-state index in [-0.39, 0.29) is 11.6 Å². The molecule has 0 unspecified atom stereocenters. The fourth-order valence-electron chi connectivity index (χ4n) is 1.88. The predicted octanol–water partition coefficient (Wildman–Crippen LogP) is 2.43. The molecule has 1 aromatic heterocycles. The molecular weight excluding hydrogens is 216 g/mol. The van der Waals surface area contributed by atoms with Crippen LogP contribution in [-0.2, 0) is 0 Å². The van der Waals surface area contributed by atoms with Crippen molar-refractivity contribution in [3.63, 3.8) is 0 Å². The highest BCUT2D eigenvalue weighted by Gasteiger charge is 2.13. The van der Waals surface area contributed by atoms with Gasteiger partial charge in [0.2, 0.25) is 0 Å². The number of aromatic amines is 1. The summed E-state index contributed by atoms with van der Waals surface area (Å²) in [6.45, 7) is 4.05. The minimum Gasteiger partial charge on any atom is -0.496 e. The van der Waals surface area contributed by atoms with Crippen LogP contribution in [0, 0.1) is 0 Å². The van der Waals surface area contributed by atoms with Crippen molar-refractivity contribution < 1.29 is 4.74 Å². The van der Waals surface area contributed by atoms with Crippen LogP contribution in [0.2, 0.25) is 0 Å². The van der Waals surface area contributed by atoms with E-state index in [0.29, 0.717) is 0 Å². The summed E-state index contributed by atoms with van der Waals surface area (Å²) in [7, 11) is 1.63. The number of hydrogen-bond acceptors (Lipinski definition) is 2. The Kier molecular flexibility index (Phi) is 3.04. The number of methoxy groups -OCH3 is 1. The van der Waals surface area contributed by atoms with E-state index in [2.05, 4.69) is 5.10 Å². The lowest BCUT2D eigenvalue weighted by Crippen LogP contribution is -2.08. The van der Waals surface area contributed by atoms with Gasteiger partial charge in [0.15, 0.2) is 0 Å².